The largest absolute Gasteiger partial charge is 0.477 e. The van der Waals surface area contributed by atoms with Crippen molar-refractivity contribution in [1.29, 1.82) is 0 Å². The Bertz CT molecular complexity index is 985. The van der Waals surface area contributed by atoms with Gasteiger partial charge in [-0.15, -0.1) is 0 Å². The van der Waals surface area contributed by atoms with Crippen LogP contribution in [0.5, 0.6) is 0 Å². The van der Waals surface area contributed by atoms with E-state index in [1.807, 2.05) is 21.1 Å². The fraction of sp³-hybridized carbons (Fsp3) is 0.943. The van der Waals surface area contributed by atoms with Crippen LogP contribution < -0.4 is 0 Å². The summed E-state index contributed by atoms with van der Waals surface area (Å²) in [5, 5.41) is 9.62. The van der Waals surface area contributed by atoms with Crippen molar-refractivity contribution in [3.63, 3.8) is 0 Å². The van der Waals surface area contributed by atoms with Crippen molar-refractivity contribution in [2.45, 2.75) is 277 Å². The molecule has 368 valence electrons. The summed E-state index contributed by atoms with van der Waals surface area (Å²) in [4.78, 5) is 37.0. The first-order valence-electron chi connectivity index (χ1n) is 26.7. The van der Waals surface area contributed by atoms with Crippen molar-refractivity contribution in [2.75, 3.05) is 47.5 Å². The summed E-state index contributed by atoms with van der Waals surface area (Å²) in [5.74, 6) is -1.99. The molecule has 0 aromatic carbocycles. The van der Waals surface area contributed by atoms with Gasteiger partial charge in [-0.25, -0.2) is 4.79 Å². The first-order chi connectivity index (χ1) is 30.1. The zero-order valence-electron chi connectivity index (χ0n) is 41.8. The highest BCUT2D eigenvalue weighted by atomic mass is 16.7. The molecule has 2 unspecified atom stereocenters. The number of hydrogen-bond donors (Lipinski definition) is 1. The molecule has 0 aromatic rings. The number of hydrogen-bond acceptors (Lipinski definition) is 7. The van der Waals surface area contributed by atoms with Crippen molar-refractivity contribution in [1.82, 2.24) is 0 Å². The SMILES string of the molecule is CCCCCCCCCCCCCCCCCCCCCCCCCCCCCCCCC(=O)OC(COC(=O)CCCCCCCCC)COC(OCC[N+](C)(C)C)C(=O)O. The van der Waals surface area contributed by atoms with Gasteiger partial charge in [0.2, 0.25) is 0 Å². The minimum Gasteiger partial charge on any atom is -0.477 e. The Labute approximate surface area is 383 Å². The van der Waals surface area contributed by atoms with E-state index in [-0.39, 0.29) is 38.2 Å². The van der Waals surface area contributed by atoms with Crippen LogP contribution in [0, 0.1) is 0 Å². The minimum absolute atomic E-state index is 0.175. The predicted molar refractivity (Wildman–Crippen MR) is 258 cm³/mol. The molecule has 0 bridgehead atoms. The van der Waals surface area contributed by atoms with Gasteiger partial charge in [-0.2, -0.15) is 0 Å². The van der Waals surface area contributed by atoms with E-state index < -0.39 is 18.4 Å². The molecule has 0 aromatic heterocycles. The first-order valence-corrected chi connectivity index (χ1v) is 26.7. The van der Waals surface area contributed by atoms with E-state index in [1.54, 1.807) is 0 Å². The zero-order chi connectivity index (χ0) is 45.6. The molecule has 0 aliphatic rings. The molecule has 0 aliphatic heterocycles. The molecule has 0 aliphatic carbocycles. The Morgan fingerprint density at radius 3 is 1.03 bits per heavy atom. The monoisotopic (exact) mass is 883 g/mol. The number of rotatable bonds is 50. The second kappa shape index (κ2) is 45.8. The third-order valence-corrected chi connectivity index (χ3v) is 12.1. The van der Waals surface area contributed by atoms with E-state index in [9.17, 15) is 19.5 Å². The van der Waals surface area contributed by atoms with Gasteiger partial charge in [-0.1, -0.05) is 239 Å². The number of likely N-dealkylation sites (N-methyl/N-ethyl adjacent to an activating group) is 1. The van der Waals surface area contributed by atoms with Gasteiger partial charge in [0.15, 0.2) is 6.10 Å². The number of nitrogens with zero attached hydrogens (tertiary/aromatic N) is 1. The quantitative estimate of drug-likeness (QED) is 0.0278. The molecule has 1 N–H and O–H groups in total. The molecular weight excluding hydrogens is 779 g/mol. The van der Waals surface area contributed by atoms with Crippen LogP contribution >= 0.6 is 0 Å². The van der Waals surface area contributed by atoms with Crippen LogP contribution in [0.4, 0.5) is 0 Å². The highest BCUT2D eigenvalue weighted by molar-refractivity contribution is 5.71. The number of carbonyl (C=O) groups excluding carboxylic acids is 2. The lowest BCUT2D eigenvalue weighted by molar-refractivity contribution is -0.870. The second-order valence-electron chi connectivity index (χ2n) is 19.6. The normalized spacial score (nSPS) is 12.7. The number of aliphatic carboxylic acids is 1. The Balaban J connectivity index is 3.95. The molecule has 0 radical (unpaired) electrons. The third-order valence-electron chi connectivity index (χ3n) is 12.1. The summed E-state index contributed by atoms with van der Waals surface area (Å²) in [7, 11) is 5.96. The van der Waals surface area contributed by atoms with Crippen molar-refractivity contribution in [3.8, 4) is 0 Å². The molecule has 9 nitrogen and oxygen atoms in total. The summed E-state index contributed by atoms with van der Waals surface area (Å²) < 4.78 is 22.7. The number of quaternary nitrogens is 1. The summed E-state index contributed by atoms with van der Waals surface area (Å²) >= 11 is 0. The zero-order valence-corrected chi connectivity index (χ0v) is 41.8. The third kappa shape index (κ3) is 46.3. The average molecular weight is 883 g/mol. The van der Waals surface area contributed by atoms with Crippen LogP contribution in [0.3, 0.4) is 0 Å². The van der Waals surface area contributed by atoms with Crippen LogP contribution in [0.15, 0.2) is 0 Å². The standard InChI is InChI=1S/C53H103NO8/c1-6-8-10-12-14-15-16-17-18-19-20-21-22-23-24-25-26-27-28-29-30-31-32-33-34-35-36-38-40-42-44-51(56)62-49(47-60-50(55)43-41-39-37-13-11-9-7-2)48-61-53(52(57)58)59-46-45-54(3,4)5/h49,53H,6-48H2,1-5H3/p+1. The van der Waals surface area contributed by atoms with Gasteiger partial charge < -0.3 is 28.5 Å². The van der Waals surface area contributed by atoms with Gasteiger partial charge in [0.25, 0.3) is 6.29 Å². The highest BCUT2D eigenvalue weighted by Crippen LogP contribution is 2.17. The van der Waals surface area contributed by atoms with Crippen molar-refractivity contribution >= 4 is 17.9 Å². The van der Waals surface area contributed by atoms with Crippen LogP contribution in [0.1, 0.15) is 264 Å². The molecular formula is C53H104NO8+. The maximum atomic E-state index is 12.8. The molecule has 2 atom stereocenters. The number of carboxylic acids is 1. The summed E-state index contributed by atoms with van der Waals surface area (Å²) in [6, 6.07) is 0. The maximum Gasteiger partial charge on any atom is 0.361 e. The van der Waals surface area contributed by atoms with E-state index in [0.29, 0.717) is 17.4 Å². The van der Waals surface area contributed by atoms with Crippen LogP contribution in [0.25, 0.3) is 0 Å². The van der Waals surface area contributed by atoms with Gasteiger partial charge in [-0.05, 0) is 12.8 Å². The van der Waals surface area contributed by atoms with Crippen molar-refractivity contribution in [2.24, 2.45) is 0 Å². The molecule has 0 amide bonds. The van der Waals surface area contributed by atoms with E-state index >= 15 is 0 Å². The molecule has 0 fully saturated rings. The Morgan fingerprint density at radius 1 is 0.419 bits per heavy atom. The van der Waals surface area contributed by atoms with Crippen LogP contribution in [0.2, 0.25) is 0 Å². The maximum absolute atomic E-state index is 12.8. The van der Waals surface area contributed by atoms with Crippen LogP contribution in [-0.4, -0.2) is 87.4 Å². The number of unbranched alkanes of at least 4 members (excludes halogenated alkanes) is 35. The fourth-order valence-corrected chi connectivity index (χ4v) is 7.96. The topological polar surface area (TPSA) is 108 Å². The molecule has 0 rings (SSSR count). The molecule has 0 heterocycles. The number of carbonyl (C=O) groups is 3. The summed E-state index contributed by atoms with van der Waals surface area (Å²) in [6.45, 7) is 4.87. The number of ether oxygens (including phenoxy) is 4. The van der Waals surface area contributed by atoms with Crippen molar-refractivity contribution < 1.29 is 42.9 Å². The lowest BCUT2D eigenvalue weighted by atomic mass is 10.0. The van der Waals surface area contributed by atoms with Gasteiger partial charge in [0.05, 0.1) is 34.4 Å². The summed E-state index contributed by atoms with van der Waals surface area (Å²) in [5.41, 5.74) is 0. The summed E-state index contributed by atoms with van der Waals surface area (Å²) in [6.07, 6.45) is 46.5. The Morgan fingerprint density at radius 2 is 0.726 bits per heavy atom. The van der Waals surface area contributed by atoms with E-state index in [1.165, 1.54) is 199 Å². The first kappa shape index (κ1) is 60.3. The van der Waals surface area contributed by atoms with Gasteiger partial charge >= 0.3 is 17.9 Å². The van der Waals surface area contributed by atoms with E-state index in [4.69, 9.17) is 18.9 Å². The number of carboxylic acid groups (broad SMARTS) is 1. The minimum atomic E-state index is -1.50. The van der Waals surface area contributed by atoms with E-state index in [2.05, 4.69) is 13.8 Å². The molecule has 62 heavy (non-hydrogen) atoms. The smallest absolute Gasteiger partial charge is 0.361 e. The molecule has 9 heteroatoms. The van der Waals surface area contributed by atoms with Gasteiger partial charge in [0.1, 0.15) is 13.2 Å². The number of esters is 2. The van der Waals surface area contributed by atoms with Crippen molar-refractivity contribution in [3.05, 3.63) is 0 Å². The second-order valence-corrected chi connectivity index (χ2v) is 19.6. The highest BCUT2D eigenvalue weighted by Gasteiger charge is 2.25. The lowest BCUT2D eigenvalue weighted by Gasteiger charge is -2.25. The fourth-order valence-electron chi connectivity index (χ4n) is 7.96. The molecule has 0 saturated heterocycles. The van der Waals surface area contributed by atoms with Gasteiger partial charge in [-0.3, -0.25) is 9.59 Å². The predicted octanol–water partition coefficient (Wildman–Crippen LogP) is 14.8. The molecule has 0 saturated carbocycles. The Hall–Kier alpha value is -1.71. The lowest BCUT2D eigenvalue weighted by Crippen LogP contribution is -2.40. The Kier molecular flexibility index (Phi) is 44.6. The van der Waals surface area contributed by atoms with Crippen LogP contribution in [-0.2, 0) is 33.3 Å². The van der Waals surface area contributed by atoms with E-state index in [0.717, 1.165) is 38.5 Å². The average Bonchev–Trinajstić information content (AvgIpc) is 3.23. The molecule has 0 spiro atoms. The van der Waals surface area contributed by atoms with Gasteiger partial charge in [0, 0.05) is 12.8 Å².